The van der Waals surface area contributed by atoms with Gasteiger partial charge >= 0.3 is 0 Å². The van der Waals surface area contributed by atoms with Gasteiger partial charge in [-0.1, -0.05) is 29.8 Å². The third kappa shape index (κ3) is 3.71. The van der Waals surface area contributed by atoms with Gasteiger partial charge in [-0.2, -0.15) is 0 Å². The molecule has 0 aliphatic carbocycles. The first-order valence-electron chi connectivity index (χ1n) is 4.33. The van der Waals surface area contributed by atoms with Gasteiger partial charge in [0.15, 0.2) is 0 Å². The summed E-state index contributed by atoms with van der Waals surface area (Å²) >= 11 is 5.10. The second-order valence-corrected chi connectivity index (χ2v) is 3.65. The molecule has 0 aromatic heterocycles. The van der Waals surface area contributed by atoms with Gasteiger partial charge in [-0.05, 0) is 24.1 Å². The number of aryl methyl sites for hydroxylation is 1. The molecule has 0 aliphatic heterocycles. The quantitative estimate of drug-likeness (QED) is 0.564. The van der Waals surface area contributed by atoms with Gasteiger partial charge in [0.2, 0.25) is 5.24 Å². The summed E-state index contributed by atoms with van der Waals surface area (Å²) in [5.74, 6) is -0.145. The van der Waals surface area contributed by atoms with E-state index in [0.29, 0.717) is 0 Å². The normalized spacial score (nSPS) is 9.86. The molecule has 0 amide bonds. The zero-order valence-corrected chi connectivity index (χ0v) is 8.67. The molecule has 0 saturated carbocycles. The molecule has 0 atom stereocenters. The summed E-state index contributed by atoms with van der Waals surface area (Å²) in [6, 6.07) is 7.63. The van der Waals surface area contributed by atoms with Crippen LogP contribution in [0.3, 0.4) is 0 Å². The predicted molar refractivity (Wildman–Crippen MR) is 55.4 cm³/mol. The van der Waals surface area contributed by atoms with Crippen LogP contribution in [0.5, 0.6) is 0 Å². The van der Waals surface area contributed by atoms with Gasteiger partial charge in [0.05, 0.1) is 6.42 Å². The Labute approximate surface area is 87.9 Å². The minimum Gasteiger partial charge on any atom is -0.299 e. The van der Waals surface area contributed by atoms with Crippen molar-refractivity contribution in [2.75, 3.05) is 0 Å². The van der Waals surface area contributed by atoms with Crippen LogP contribution in [0.25, 0.3) is 0 Å². The van der Waals surface area contributed by atoms with Crippen LogP contribution >= 0.6 is 11.6 Å². The number of benzene rings is 1. The van der Waals surface area contributed by atoms with Crippen molar-refractivity contribution in [1.29, 1.82) is 0 Å². The summed E-state index contributed by atoms with van der Waals surface area (Å²) in [6.07, 6.45) is 0.0914. The Balaban J connectivity index is 2.56. The molecule has 14 heavy (non-hydrogen) atoms. The van der Waals surface area contributed by atoms with Crippen LogP contribution in [-0.2, 0) is 16.0 Å². The summed E-state index contributed by atoms with van der Waals surface area (Å²) in [5, 5.41) is -0.595. The Hall–Kier alpha value is -1.15. The summed E-state index contributed by atoms with van der Waals surface area (Å²) in [6.45, 7) is 1.98. The number of rotatable bonds is 4. The molecule has 0 fully saturated rings. The second-order valence-electron chi connectivity index (χ2n) is 3.23. The van der Waals surface area contributed by atoms with Crippen LogP contribution in [0.2, 0.25) is 0 Å². The van der Waals surface area contributed by atoms with Crippen LogP contribution in [0, 0.1) is 6.92 Å². The summed E-state index contributed by atoms with van der Waals surface area (Å²) in [7, 11) is 0. The van der Waals surface area contributed by atoms with Gasteiger partial charge in [-0.25, -0.2) is 0 Å². The lowest BCUT2D eigenvalue weighted by atomic mass is 10.1. The number of carbonyl (C=O) groups is 2. The van der Waals surface area contributed by atoms with Crippen LogP contribution in [0.1, 0.15) is 17.5 Å². The average molecular weight is 211 g/mol. The van der Waals surface area contributed by atoms with E-state index in [-0.39, 0.29) is 18.6 Å². The second kappa shape index (κ2) is 4.91. The Kier molecular flexibility index (Phi) is 3.84. The number of hydrogen-bond acceptors (Lipinski definition) is 2. The van der Waals surface area contributed by atoms with Gasteiger partial charge < -0.3 is 0 Å². The highest BCUT2D eigenvalue weighted by molar-refractivity contribution is 6.64. The molecule has 1 aromatic carbocycles. The maximum atomic E-state index is 11.2. The van der Waals surface area contributed by atoms with Crippen LogP contribution < -0.4 is 0 Å². The minimum absolute atomic E-state index is 0.145. The van der Waals surface area contributed by atoms with Gasteiger partial charge in [0.1, 0.15) is 5.78 Å². The van der Waals surface area contributed by atoms with Gasteiger partial charge in [0, 0.05) is 6.42 Å². The lowest BCUT2D eigenvalue weighted by Gasteiger charge is -1.99. The van der Waals surface area contributed by atoms with Gasteiger partial charge in [-0.3, -0.25) is 9.59 Å². The lowest BCUT2D eigenvalue weighted by Crippen LogP contribution is -2.06. The number of ketones is 1. The third-order valence-electron chi connectivity index (χ3n) is 1.86. The van der Waals surface area contributed by atoms with E-state index in [4.69, 9.17) is 11.6 Å². The van der Waals surface area contributed by atoms with Crippen molar-refractivity contribution in [1.82, 2.24) is 0 Å². The molecule has 0 heterocycles. The molecular weight excluding hydrogens is 200 g/mol. The fourth-order valence-corrected chi connectivity index (χ4v) is 1.30. The minimum atomic E-state index is -0.595. The van der Waals surface area contributed by atoms with E-state index in [1.54, 1.807) is 0 Å². The number of hydrogen-bond donors (Lipinski definition) is 0. The first-order valence-corrected chi connectivity index (χ1v) is 4.71. The Morgan fingerprint density at radius 3 is 2.29 bits per heavy atom. The Morgan fingerprint density at radius 1 is 1.21 bits per heavy atom. The standard InChI is InChI=1S/C11H11ClO2/c1-8-2-4-9(5-3-8)6-10(13)7-11(12)14/h2-5H,6-7H2,1H3. The molecule has 74 valence electrons. The van der Waals surface area contributed by atoms with Crippen molar-refractivity contribution in [2.24, 2.45) is 0 Å². The van der Waals surface area contributed by atoms with Crippen molar-refractivity contribution < 1.29 is 9.59 Å². The molecule has 2 nitrogen and oxygen atoms in total. The van der Waals surface area contributed by atoms with Crippen LogP contribution in [0.15, 0.2) is 24.3 Å². The number of carbonyl (C=O) groups excluding carboxylic acids is 2. The summed E-state index contributed by atoms with van der Waals surface area (Å²) in [4.78, 5) is 21.6. The predicted octanol–water partition coefficient (Wildman–Crippen LogP) is 2.26. The zero-order chi connectivity index (χ0) is 10.6. The van der Waals surface area contributed by atoms with Gasteiger partial charge in [-0.15, -0.1) is 0 Å². The van der Waals surface area contributed by atoms with E-state index in [1.165, 1.54) is 0 Å². The zero-order valence-electron chi connectivity index (χ0n) is 7.92. The lowest BCUT2D eigenvalue weighted by molar-refractivity contribution is -0.123. The van der Waals surface area contributed by atoms with Crippen molar-refractivity contribution in [2.45, 2.75) is 19.8 Å². The molecule has 0 unspecified atom stereocenters. The summed E-state index contributed by atoms with van der Waals surface area (Å²) in [5.41, 5.74) is 2.06. The highest BCUT2D eigenvalue weighted by Crippen LogP contribution is 2.05. The Morgan fingerprint density at radius 2 is 1.79 bits per heavy atom. The van der Waals surface area contributed by atoms with Crippen molar-refractivity contribution in [3.63, 3.8) is 0 Å². The molecule has 3 heteroatoms. The highest BCUT2D eigenvalue weighted by atomic mass is 35.5. The van der Waals surface area contributed by atoms with Gasteiger partial charge in [0.25, 0.3) is 0 Å². The van der Waals surface area contributed by atoms with E-state index >= 15 is 0 Å². The molecule has 1 aromatic rings. The van der Waals surface area contributed by atoms with E-state index in [0.717, 1.165) is 11.1 Å². The molecule has 0 aliphatic rings. The van der Waals surface area contributed by atoms with E-state index in [2.05, 4.69) is 0 Å². The highest BCUT2D eigenvalue weighted by Gasteiger charge is 2.07. The average Bonchev–Trinajstić information content (AvgIpc) is 2.07. The smallest absolute Gasteiger partial charge is 0.229 e. The fourth-order valence-electron chi connectivity index (χ4n) is 1.15. The topological polar surface area (TPSA) is 34.1 Å². The van der Waals surface area contributed by atoms with Crippen molar-refractivity contribution in [3.8, 4) is 0 Å². The molecule has 0 saturated heterocycles. The largest absolute Gasteiger partial charge is 0.299 e. The first kappa shape index (κ1) is 10.9. The Bertz CT molecular complexity index is 341. The van der Waals surface area contributed by atoms with Crippen molar-refractivity contribution in [3.05, 3.63) is 35.4 Å². The number of halogens is 1. The van der Waals surface area contributed by atoms with E-state index < -0.39 is 5.24 Å². The molecule has 0 radical (unpaired) electrons. The molecule has 0 bridgehead atoms. The SMILES string of the molecule is Cc1ccc(CC(=O)CC(=O)Cl)cc1. The maximum Gasteiger partial charge on any atom is 0.229 e. The molecule has 0 spiro atoms. The van der Waals surface area contributed by atoms with Crippen LogP contribution in [-0.4, -0.2) is 11.0 Å². The van der Waals surface area contributed by atoms with E-state index in [1.807, 2.05) is 31.2 Å². The first-order chi connectivity index (χ1) is 6.58. The maximum absolute atomic E-state index is 11.2. The number of Topliss-reactive ketones (excluding diaryl/α,β-unsaturated/α-hetero) is 1. The monoisotopic (exact) mass is 210 g/mol. The van der Waals surface area contributed by atoms with Crippen LogP contribution in [0.4, 0.5) is 0 Å². The molecule has 0 N–H and O–H groups in total. The van der Waals surface area contributed by atoms with E-state index in [9.17, 15) is 9.59 Å². The molecular formula is C11H11ClO2. The van der Waals surface area contributed by atoms with Crippen molar-refractivity contribution >= 4 is 22.6 Å². The summed E-state index contributed by atoms with van der Waals surface area (Å²) < 4.78 is 0. The fraction of sp³-hybridized carbons (Fsp3) is 0.273. The third-order valence-corrected chi connectivity index (χ3v) is 1.99. The molecule has 1 rings (SSSR count).